The molecular formula is C24H41IN6O. The Hall–Kier alpha value is -1.55. The van der Waals surface area contributed by atoms with Gasteiger partial charge in [-0.15, -0.1) is 24.0 Å². The van der Waals surface area contributed by atoms with Crippen molar-refractivity contribution in [2.45, 2.75) is 25.7 Å². The van der Waals surface area contributed by atoms with Gasteiger partial charge in [0.2, 0.25) is 5.91 Å². The molecule has 0 bridgehead atoms. The van der Waals surface area contributed by atoms with E-state index in [1.165, 1.54) is 44.6 Å². The van der Waals surface area contributed by atoms with Crippen molar-refractivity contribution in [2.24, 2.45) is 10.9 Å². The van der Waals surface area contributed by atoms with Crippen LogP contribution >= 0.6 is 24.0 Å². The molecular weight excluding hydrogens is 515 g/mol. The summed E-state index contributed by atoms with van der Waals surface area (Å²) in [6.45, 7) is 7.77. The van der Waals surface area contributed by atoms with Crippen molar-refractivity contribution >= 4 is 41.5 Å². The summed E-state index contributed by atoms with van der Waals surface area (Å²) < 4.78 is 0. The van der Waals surface area contributed by atoms with Crippen LogP contribution in [0.15, 0.2) is 35.3 Å². The highest BCUT2D eigenvalue weighted by atomic mass is 127. The van der Waals surface area contributed by atoms with E-state index in [1.54, 1.807) is 19.0 Å². The first-order valence-corrected chi connectivity index (χ1v) is 11.7. The summed E-state index contributed by atoms with van der Waals surface area (Å²) in [5.74, 6) is 1.62. The number of rotatable bonds is 9. The van der Waals surface area contributed by atoms with Crippen LogP contribution in [0.1, 0.15) is 25.7 Å². The molecule has 2 fully saturated rings. The first kappa shape index (κ1) is 26.7. The van der Waals surface area contributed by atoms with E-state index in [1.807, 2.05) is 6.07 Å². The number of guanidine groups is 1. The van der Waals surface area contributed by atoms with E-state index in [-0.39, 0.29) is 36.4 Å². The van der Waals surface area contributed by atoms with Gasteiger partial charge in [-0.2, -0.15) is 0 Å². The second-order valence-corrected chi connectivity index (χ2v) is 9.07. The number of likely N-dealkylation sites (N-methyl/N-ethyl adjacent to an activating group) is 1. The molecule has 2 heterocycles. The number of para-hydroxylation sites is 1. The molecule has 0 aliphatic carbocycles. The number of aliphatic imine (C=N–C) groups is 1. The van der Waals surface area contributed by atoms with Gasteiger partial charge in [0.05, 0.1) is 0 Å². The fraction of sp³-hybridized carbons (Fsp3) is 0.667. The van der Waals surface area contributed by atoms with Crippen LogP contribution < -0.4 is 10.2 Å². The average molecular weight is 557 g/mol. The molecule has 2 aliphatic heterocycles. The molecule has 1 amide bonds. The summed E-state index contributed by atoms with van der Waals surface area (Å²) in [7, 11) is 5.70. The molecule has 2 saturated heterocycles. The summed E-state index contributed by atoms with van der Waals surface area (Å²) >= 11 is 0. The monoisotopic (exact) mass is 556 g/mol. The first-order valence-electron chi connectivity index (χ1n) is 11.7. The van der Waals surface area contributed by atoms with Crippen molar-refractivity contribution in [1.82, 2.24) is 20.0 Å². The second-order valence-electron chi connectivity index (χ2n) is 9.07. The highest BCUT2D eigenvalue weighted by Gasteiger charge is 2.27. The highest BCUT2D eigenvalue weighted by Crippen LogP contribution is 2.20. The number of likely N-dealkylation sites (tertiary alicyclic amines) is 2. The molecule has 0 aromatic heterocycles. The maximum absolute atomic E-state index is 12.1. The lowest BCUT2D eigenvalue weighted by Crippen LogP contribution is -2.42. The molecule has 8 heteroatoms. The van der Waals surface area contributed by atoms with E-state index in [9.17, 15) is 4.79 Å². The number of hydrogen-bond donors (Lipinski definition) is 1. The minimum atomic E-state index is 0. The van der Waals surface area contributed by atoms with Crippen molar-refractivity contribution < 1.29 is 4.79 Å². The lowest BCUT2D eigenvalue weighted by atomic mass is 10.1. The van der Waals surface area contributed by atoms with E-state index in [2.05, 4.69) is 56.3 Å². The molecule has 3 rings (SSSR count). The van der Waals surface area contributed by atoms with Crippen LogP contribution in [0.4, 0.5) is 5.69 Å². The second kappa shape index (κ2) is 13.9. The van der Waals surface area contributed by atoms with Crippen LogP contribution in [0.25, 0.3) is 0 Å². The number of carbonyl (C=O) groups excluding carboxylic acids is 1. The third-order valence-electron chi connectivity index (χ3n) is 6.31. The number of hydrogen-bond acceptors (Lipinski definition) is 4. The van der Waals surface area contributed by atoms with Gasteiger partial charge in [0, 0.05) is 59.6 Å². The van der Waals surface area contributed by atoms with Gasteiger partial charge >= 0.3 is 0 Å². The Labute approximate surface area is 211 Å². The van der Waals surface area contributed by atoms with Gasteiger partial charge in [0.15, 0.2) is 5.96 Å². The number of nitrogens with one attached hydrogen (secondary N) is 1. The summed E-state index contributed by atoms with van der Waals surface area (Å²) in [6.07, 6.45) is 4.90. The zero-order valence-corrected chi connectivity index (χ0v) is 22.3. The zero-order chi connectivity index (χ0) is 22.1. The molecule has 180 valence electrons. The normalized spacial score (nSPS) is 19.0. The van der Waals surface area contributed by atoms with E-state index in [0.717, 1.165) is 38.6 Å². The van der Waals surface area contributed by atoms with Gasteiger partial charge < -0.3 is 24.9 Å². The topological polar surface area (TPSA) is 54.4 Å². The Morgan fingerprint density at radius 1 is 1.12 bits per heavy atom. The maximum Gasteiger partial charge on any atom is 0.243 e. The van der Waals surface area contributed by atoms with Crippen molar-refractivity contribution in [3.63, 3.8) is 0 Å². The van der Waals surface area contributed by atoms with E-state index >= 15 is 0 Å². The molecule has 1 aromatic rings. The van der Waals surface area contributed by atoms with Crippen molar-refractivity contribution in [3.8, 4) is 0 Å². The molecule has 0 spiro atoms. The fourth-order valence-electron chi connectivity index (χ4n) is 4.38. The van der Waals surface area contributed by atoms with Crippen LogP contribution in [-0.2, 0) is 4.79 Å². The maximum atomic E-state index is 12.1. The fourth-order valence-corrected chi connectivity index (χ4v) is 4.38. The molecule has 1 unspecified atom stereocenters. The van der Waals surface area contributed by atoms with Gasteiger partial charge in [-0.3, -0.25) is 4.79 Å². The summed E-state index contributed by atoms with van der Waals surface area (Å²) in [5, 5.41) is 3.54. The van der Waals surface area contributed by atoms with Gasteiger partial charge in [-0.25, -0.2) is 4.99 Å². The van der Waals surface area contributed by atoms with Crippen molar-refractivity contribution in [2.75, 3.05) is 78.4 Å². The molecule has 1 N–H and O–H groups in total. The molecule has 32 heavy (non-hydrogen) atoms. The van der Waals surface area contributed by atoms with E-state index < -0.39 is 0 Å². The van der Waals surface area contributed by atoms with Gasteiger partial charge in [0.1, 0.15) is 6.54 Å². The third-order valence-corrected chi connectivity index (χ3v) is 6.31. The van der Waals surface area contributed by atoms with Crippen molar-refractivity contribution in [3.05, 3.63) is 30.3 Å². The Morgan fingerprint density at radius 2 is 1.84 bits per heavy atom. The molecule has 7 nitrogen and oxygen atoms in total. The Morgan fingerprint density at radius 3 is 2.53 bits per heavy atom. The number of nitrogens with zero attached hydrogens (tertiary/aromatic N) is 5. The number of benzene rings is 1. The predicted molar refractivity (Wildman–Crippen MR) is 144 cm³/mol. The lowest BCUT2D eigenvalue weighted by Gasteiger charge is -2.24. The van der Waals surface area contributed by atoms with Crippen LogP contribution in [0.3, 0.4) is 0 Å². The highest BCUT2D eigenvalue weighted by molar-refractivity contribution is 14.0. The standard InChI is InChI=1S/C24H40N6O.HI/c1-27(2)23(31)18-26-24(25-13-9-14-28(3)22-10-5-4-6-11-22)30-17-12-21(20-30)19-29-15-7-8-16-29;/h4-6,10-11,21H,7-9,12-20H2,1-3H3,(H,25,26);1H. The van der Waals surface area contributed by atoms with E-state index in [0.29, 0.717) is 5.92 Å². The van der Waals surface area contributed by atoms with Gasteiger partial charge in [-0.05, 0) is 56.8 Å². The number of anilines is 1. The van der Waals surface area contributed by atoms with Crippen molar-refractivity contribution in [1.29, 1.82) is 0 Å². The van der Waals surface area contributed by atoms with Gasteiger partial charge in [-0.1, -0.05) is 18.2 Å². The Balaban J connectivity index is 0.00000363. The molecule has 0 radical (unpaired) electrons. The summed E-state index contributed by atoms with van der Waals surface area (Å²) in [5.41, 5.74) is 1.23. The van der Waals surface area contributed by atoms with Crippen LogP contribution in [0.5, 0.6) is 0 Å². The minimum Gasteiger partial charge on any atom is -0.375 e. The Kier molecular flexibility index (Phi) is 11.6. The SMILES string of the molecule is CN(C)C(=O)CN=C(NCCCN(C)c1ccccc1)N1CCC(CN2CCCC2)C1.I. The average Bonchev–Trinajstić information content (AvgIpc) is 3.46. The zero-order valence-electron chi connectivity index (χ0n) is 20.0. The quantitative estimate of drug-likeness (QED) is 0.220. The predicted octanol–water partition coefficient (Wildman–Crippen LogP) is 2.58. The van der Waals surface area contributed by atoms with Crippen LogP contribution in [-0.4, -0.2) is 100 Å². The molecule has 0 saturated carbocycles. The molecule has 1 aromatic carbocycles. The number of amides is 1. The summed E-state index contributed by atoms with van der Waals surface area (Å²) in [4.78, 5) is 25.6. The van der Waals surface area contributed by atoms with E-state index in [4.69, 9.17) is 0 Å². The molecule has 2 aliphatic rings. The third kappa shape index (κ3) is 8.42. The summed E-state index contributed by atoms with van der Waals surface area (Å²) in [6, 6.07) is 10.5. The van der Waals surface area contributed by atoms with Crippen LogP contribution in [0, 0.1) is 5.92 Å². The van der Waals surface area contributed by atoms with Crippen LogP contribution in [0.2, 0.25) is 0 Å². The largest absolute Gasteiger partial charge is 0.375 e. The lowest BCUT2D eigenvalue weighted by molar-refractivity contribution is -0.127. The Bertz CT molecular complexity index is 708. The molecule has 1 atom stereocenters. The number of carbonyl (C=O) groups is 1. The first-order chi connectivity index (χ1) is 15.0. The van der Waals surface area contributed by atoms with Gasteiger partial charge in [0.25, 0.3) is 0 Å². The smallest absolute Gasteiger partial charge is 0.243 e. The number of halogens is 1. The minimum absolute atomic E-state index is 0.